The molecule has 0 aliphatic rings. The second-order valence-electron chi connectivity index (χ2n) is 6.72. The highest BCUT2D eigenvalue weighted by Gasteiger charge is 2.16. The highest BCUT2D eigenvalue weighted by Crippen LogP contribution is 2.24. The number of fused-ring (bicyclic) bond motifs is 1. The first kappa shape index (κ1) is 17.5. The van der Waals surface area contributed by atoms with Gasteiger partial charge in [-0.25, -0.2) is 0 Å². The minimum atomic E-state index is 0.110. The molecule has 1 aromatic heterocycles. The van der Waals surface area contributed by atoms with Crippen LogP contribution in [0.25, 0.3) is 10.9 Å². The molecular weight excluding hydrogens is 306 g/mol. The fraction of sp³-hybridized carbons (Fsp3) is 0.348. The number of para-hydroxylation sites is 1. The lowest BCUT2D eigenvalue weighted by Crippen LogP contribution is -2.00. The van der Waals surface area contributed by atoms with E-state index in [4.69, 9.17) is 0 Å². The standard InChI is InChI=1S/C23H27NO/c1-2-3-4-5-6-12-17-24-18-21(20-15-10-11-16-22(20)24)23(25)19-13-8-7-9-14-19/h7-11,13-16,18H,2-6,12,17H2,1H3. The van der Waals surface area contributed by atoms with Crippen LogP contribution in [0.5, 0.6) is 0 Å². The van der Waals surface area contributed by atoms with Gasteiger partial charge in [0.2, 0.25) is 0 Å². The molecule has 0 atom stereocenters. The number of benzene rings is 2. The first-order valence-corrected chi connectivity index (χ1v) is 9.49. The zero-order valence-corrected chi connectivity index (χ0v) is 15.1. The van der Waals surface area contributed by atoms with Gasteiger partial charge in [-0.15, -0.1) is 0 Å². The maximum absolute atomic E-state index is 12.9. The number of aryl methyl sites for hydroxylation is 1. The predicted octanol–water partition coefficient (Wildman–Crippen LogP) is 6.23. The monoisotopic (exact) mass is 333 g/mol. The highest BCUT2D eigenvalue weighted by molar-refractivity contribution is 6.16. The Hall–Kier alpha value is -2.35. The molecule has 1 heterocycles. The normalized spacial score (nSPS) is 11.1. The molecule has 3 rings (SSSR count). The Morgan fingerprint density at radius 3 is 2.32 bits per heavy atom. The van der Waals surface area contributed by atoms with Crippen molar-refractivity contribution in [2.75, 3.05) is 0 Å². The summed E-state index contributed by atoms with van der Waals surface area (Å²) in [5, 5.41) is 1.06. The van der Waals surface area contributed by atoms with Gasteiger partial charge in [-0.3, -0.25) is 4.79 Å². The molecule has 2 aromatic carbocycles. The molecule has 0 bridgehead atoms. The summed E-state index contributed by atoms with van der Waals surface area (Å²) in [5.41, 5.74) is 2.73. The van der Waals surface area contributed by atoms with E-state index in [2.05, 4.69) is 29.7 Å². The summed E-state index contributed by atoms with van der Waals surface area (Å²) in [5.74, 6) is 0.110. The number of aromatic nitrogens is 1. The van der Waals surface area contributed by atoms with Crippen LogP contribution < -0.4 is 0 Å². The Morgan fingerprint density at radius 2 is 1.52 bits per heavy atom. The number of nitrogens with zero attached hydrogens (tertiary/aromatic N) is 1. The zero-order chi connectivity index (χ0) is 17.5. The Balaban J connectivity index is 1.78. The zero-order valence-electron chi connectivity index (χ0n) is 15.1. The Bertz CT molecular complexity index is 816. The number of unbranched alkanes of at least 4 members (excludes halogenated alkanes) is 5. The van der Waals surface area contributed by atoms with Gasteiger partial charge in [-0.1, -0.05) is 87.6 Å². The predicted molar refractivity (Wildman–Crippen MR) is 105 cm³/mol. The summed E-state index contributed by atoms with van der Waals surface area (Å²) in [6.45, 7) is 3.23. The van der Waals surface area contributed by atoms with Gasteiger partial charge in [0.1, 0.15) is 0 Å². The first-order valence-electron chi connectivity index (χ1n) is 9.49. The largest absolute Gasteiger partial charge is 0.347 e. The van der Waals surface area contributed by atoms with E-state index in [0.29, 0.717) is 0 Å². The van der Waals surface area contributed by atoms with Crippen molar-refractivity contribution in [1.82, 2.24) is 4.57 Å². The van der Waals surface area contributed by atoms with E-state index >= 15 is 0 Å². The van der Waals surface area contributed by atoms with Crippen LogP contribution in [-0.4, -0.2) is 10.4 Å². The number of hydrogen-bond donors (Lipinski definition) is 0. The summed E-state index contributed by atoms with van der Waals surface area (Å²) < 4.78 is 2.26. The van der Waals surface area contributed by atoms with Gasteiger partial charge in [-0.05, 0) is 12.5 Å². The van der Waals surface area contributed by atoms with Crippen molar-refractivity contribution in [2.24, 2.45) is 0 Å². The van der Waals surface area contributed by atoms with Crippen molar-refractivity contribution < 1.29 is 4.79 Å². The average Bonchev–Trinajstić information content (AvgIpc) is 3.03. The lowest BCUT2D eigenvalue weighted by molar-refractivity contribution is 0.104. The SMILES string of the molecule is CCCCCCCCn1cc(C(=O)c2ccccc2)c2ccccc21. The molecule has 2 nitrogen and oxygen atoms in total. The molecule has 0 amide bonds. The highest BCUT2D eigenvalue weighted by atomic mass is 16.1. The lowest BCUT2D eigenvalue weighted by Gasteiger charge is -2.05. The molecule has 25 heavy (non-hydrogen) atoms. The second kappa shape index (κ2) is 8.66. The summed E-state index contributed by atoms with van der Waals surface area (Å²) >= 11 is 0. The van der Waals surface area contributed by atoms with Crippen LogP contribution >= 0.6 is 0 Å². The third-order valence-electron chi connectivity index (χ3n) is 4.82. The van der Waals surface area contributed by atoms with Crippen LogP contribution in [0, 0.1) is 0 Å². The van der Waals surface area contributed by atoms with Gasteiger partial charge in [0.25, 0.3) is 0 Å². The molecule has 0 radical (unpaired) electrons. The van der Waals surface area contributed by atoms with Gasteiger partial charge in [0, 0.05) is 34.8 Å². The van der Waals surface area contributed by atoms with Gasteiger partial charge in [0.15, 0.2) is 5.78 Å². The summed E-state index contributed by atoms with van der Waals surface area (Å²) in [6.07, 6.45) is 9.74. The molecule has 0 aliphatic carbocycles. The summed E-state index contributed by atoms with van der Waals surface area (Å²) in [4.78, 5) is 12.9. The Kier molecular flexibility index (Phi) is 6.05. The van der Waals surface area contributed by atoms with Crippen LogP contribution in [0.4, 0.5) is 0 Å². The van der Waals surface area contributed by atoms with Crippen LogP contribution in [0.1, 0.15) is 61.4 Å². The van der Waals surface area contributed by atoms with Crippen molar-refractivity contribution in [2.45, 2.75) is 52.0 Å². The van der Waals surface area contributed by atoms with Gasteiger partial charge in [-0.2, -0.15) is 0 Å². The van der Waals surface area contributed by atoms with Crippen LogP contribution in [0.3, 0.4) is 0 Å². The van der Waals surface area contributed by atoms with E-state index in [0.717, 1.165) is 28.6 Å². The fourth-order valence-corrected chi connectivity index (χ4v) is 3.42. The summed E-state index contributed by atoms with van der Waals surface area (Å²) in [7, 11) is 0. The smallest absolute Gasteiger partial charge is 0.195 e. The van der Waals surface area contributed by atoms with Gasteiger partial charge >= 0.3 is 0 Å². The molecular formula is C23H27NO. The van der Waals surface area contributed by atoms with Gasteiger partial charge in [0.05, 0.1) is 0 Å². The average molecular weight is 333 g/mol. The minimum absolute atomic E-state index is 0.110. The number of rotatable bonds is 9. The lowest BCUT2D eigenvalue weighted by atomic mass is 10.0. The molecule has 0 aliphatic heterocycles. The van der Waals surface area contributed by atoms with Crippen molar-refractivity contribution in [3.63, 3.8) is 0 Å². The quantitative estimate of drug-likeness (QED) is 0.336. The van der Waals surface area contributed by atoms with Crippen LogP contribution in [0.15, 0.2) is 60.8 Å². The topological polar surface area (TPSA) is 22.0 Å². The molecule has 2 heteroatoms. The Labute approximate surface area is 150 Å². The van der Waals surface area contributed by atoms with E-state index in [-0.39, 0.29) is 5.78 Å². The first-order chi connectivity index (χ1) is 12.3. The van der Waals surface area contributed by atoms with Crippen molar-refractivity contribution in [3.05, 3.63) is 71.9 Å². The third kappa shape index (κ3) is 4.19. The number of hydrogen-bond acceptors (Lipinski definition) is 1. The van der Waals surface area contributed by atoms with E-state index in [1.807, 2.05) is 42.6 Å². The van der Waals surface area contributed by atoms with E-state index in [1.165, 1.54) is 38.5 Å². The number of carbonyl (C=O) groups excluding carboxylic acids is 1. The molecule has 0 spiro atoms. The van der Waals surface area contributed by atoms with Crippen molar-refractivity contribution >= 4 is 16.7 Å². The minimum Gasteiger partial charge on any atom is -0.347 e. The van der Waals surface area contributed by atoms with E-state index in [1.54, 1.807) is 0 Å². The fourth-order valence-electron chi connectivity index (χ4n) is 3.42. The van der Waals surface area contributed by atoms with Crippen LogP contribution in [-0.2, 0) is 6.54 Å². The molecule has 0 saturated heterocycles. The maximum atomic E-state index is 12.9. The van der Waals surface area contributed by atoms with E-state index in [9.17, 15) is 4.79 Å². The molecule has 130 valence electrons. The molecule has 0 fully saturated rings. The van der Waals surface area contributed by atoms with Crippen molar-refractivity contribution in [3.8, 4) is 0 Å². The summed E-state index contributed by atoms with van der Waals surface area (Å²) in [6, 6.07) is 17.8. The van der Waals surface area contributed by atoms with E-state index < -0.39 is 0 Å². The third-order valence-corrected chi connectivity index (χ3v) is 4.82. The van der Waals surface area contributed by atoms with Crippen molar-refractivity contribution in [1.29, 1.82) is 0 Å². The number of ketones is 1. The molecule has 0 saturated carbocycles. The molecule has 3 aromatic rings. The maximum Gasteiger partial charge on any atom is 0.195 e. The molecule has 0 unspecified atom stereocenters. The number of carbonyl (C=O) groups is 1. The molecule has 0 N–H and O–H groups in total. The van der Waals surface area contributed by atoms with Crippen LogP contribution in [0.2, 0.25) is 0 Å². The Morgan fingerprint density at radius 1 is 0.840 bits per heavy atom. The van der Waals surface area contributed by atoms with Gasteiger partial charge < -0.3 is 4.57 Å². The second-order valence-corrected chi connectivity index (χ2v) is 6.72.